The molecule has 2 aliphatic rings. The van der Waals surface area contributed by atoms with E-state index >= 15 is 0 Å². The van der Waals surface area contributed by atoms with Gasteiger partial charge in [0.15, 0.2) is 0 Å². The van der Waals surface area contributed by atoms with Crippen molar-refractivity contribution in [1.29, 1.82) is 0 Å². The number of rotatable bonds is 0. The highest BCUT2D eigenvalue weighted by Gasteiger charge is 2.41. The quantitative estimate of drug-likeness (QED) is 0.672. The van der Waals surface area contributed by atoms with Crippen LogP contribution in [-0.4, -0.2) is 42.7 Å². The van der Waals surface area contributed by atoms with Gasteiger partial charge in [-0.25, -0.2) is 0 Å². The molecule has 0 spiro atoms. The Kier molecular flexibility index (Phi) is 5.77. The summed E-state index contributed by atoms with van der Waals surface area (Å²) in [6.45, 7) is 16.7. The normalized spacial score (nSPS) is 30.3. The molecule has 2 aliphatic heterocycles. The minimum atomic E-state index is -0.0399. The van der Waals surface area contributed by atoms with Crippen LogP contribution in [0.15, 0.2) is 0 Å². The van der Waals surface area contributed by atoms with Crippen LogP contribution in [-0.2, 0) is 0 Å². The van der Waals surface area contributed by atoms with Crippen molar-refractivity contribution < 1.29 is 10.4 Å². The second-order valence-electron chi connectivity index (χ2n) is 9.58. The molecule has 4 heteroatoms. The summed E-state index contributed by atoms with van der Waals surface area (Å²) in [6.07, 6.45) is 6.80. The van der Waals surface area contributed by atoms with Gasteiger partial charge in [0.05, 0.1) is 0 Å². The molecule has 0 saturated carbocycles. The van der Waals surface area contributed by atoms with Crippen LogP contribution in [0.25, 0.3) is 0 Å². The fourth-order valence-corrected chi connectivity index (χ4v) is 3.97. The first-order valence-electron chi connectivity index (χ1n) is 8.71. The van der Waals surface area contributed by atoms with Crippen molar-refractivity contribution in [2.24, 2.45) is 0 Å². The van der Waals surface area contributed by atoms with E-state index in [0.29, 0.717) is 0 Å². The second kappa shape index (κ2) is 6.39. The van der Waals surface area contributed by atoms with Crippen molar-refractivity contribution in [2.45, 2.75) is 116 Å². The van der Waals surface area contributed by atoms with E-state index in [1.165, 1.54) is 23.0 Å². The predicted octanol–water partition coefficient (Wildman–Crippen LogP) is 4.84. The molecule has 0 aromatic heterocycles. The number of piperidine rings is 2. The zero-order valence-corrected chi connectivity index (χ0v) is 16.0. The highest BCUT2D eigenvalue weighted by atomic mass is 16.5. The van der Waals surface area contributed by atoms with E-state index in [0.717, 1.165) is 25.7 Å². The Bertz CT molecular complexity index is 307. The average Bonchev–Trinajstić information content (AvgIpc) is 2.33. The largest absolute Gasteiger partial charge is 0.313 e. The summed E-state index contributed by atoms with van der Waals surface area (Å²) in [5.41, 5.74) is -0.160. The zero-order chi connectivity index (χ0) is 17.4. The Balaban J connectivity index is 0.000000220. The van der Waals surface area contributed by atoms with Crippen molar-refractivity contribution >= 4 is 0 Å². The molecule has 2 rings (SSSR count). The summed E-state index contributed by atoms with van der Waals surface area (Å²) in [5, 5.41) is 22.6. The third kappa shape index (κ3) is 4.44. The molecule has 4 nitrogen and oxygen atoms in total. The van der Waals surface area contributed by atoms with Crippen LogP contribution < -0.4 is 0 Å². The first-order valence-corrected chi connectivity index (χ1v) is 8.71. The lowest BCUT2D eigenvalue weighted by molar-refractivity contribution is -0.241. The van der Waals surface area contributed by atoms with Crippen molar-refractivity contribution in [1.82, 2.24) is 10.1 Å². The van der Waals surface area contributed by atoms with Gasteiger partial charge in [0.25, 0.3) is 0 Å². The summed E-state index contributed by atoms with van der Waals surface area (Å²) in [4.78, 5) is 0. The fraction of sp³-hybridized carbons (Fsp3) is 1.00. The molecule has 0 bridgehead atoms. The van der Waals surface area contributed by atoms with Gasteiger partial charge in [-0.15, -0.1) is 0 Å². The number of hydrogen-bond acceptors (Lipinski definition) is 4. The molecule has 0 atom stereocenters. The Morgan fingerprint density at radius 1 is 0.500 bits per heavy atom. The molecule has 0 amide bonds. The highest BCUT2D eigenvalue weighted by Crippen LogP contribution is 2.36. The Labute approximate surface area is 137 Å². The lowest BCUT2D eigenvalue weighted by atomic mass is 9.82. The SMILES string of the molecule is CC1(C)CCCC(C)(C)N1O.CC1(C)CCCC(C)(C)N1O. The zero-order valence-electron chi connectivity index (χ0n) is 16.0. The topological polar surface area (TPSA) is 46.9 Å². The molecule has 22 heavy (non-hydrogen) atoms. The summed E-state index contributed by atoms with van der Waals surface area (Å²) in [6, 6.07) is 0. The van der Waals surface area contributed by atoms with Crippen LogP contribution in [0.2, 0.25) is 0 Å². The van der Waals surface area contributed by atoms with Crippen LogP contribution in [0.4, 0.5) is 0 Å². The van der Waals surface area contributed by atoms with Gasteiger partial charge in [0, 0.05) is 22.2 Å². The van der Waals surface area contributed by atoms with Crippen LogP contribution in [0.5, 0.6) is 0 Å². The lowest BCUT2D eigenvalue weighted by Gasteiger charge is -2.48. The third-order valence-electron chi connectivity index (χ3n) is 5.45. The molecule has 2 heterocycles. The third-order valence-corrected chi connectivity index (χ3v) is 5.45. The van der Waals surface area contributed by atoms with Crippen LogP contribution in [0, 0.1) is 0 Å². The van der Waals surface area contributed by atoms with Crippen LogP contribution >= 0.6 is 0 Å². The average molecular weight is 315 g/mol. The van der Waals surface area contributed by atoms with Crippen molar-refractivity contribution in [3.05, 3.63) is 0 Å². The van der Waals surface area contributed by atoms with Gasteiger partial charge in [0.2, 0.25) is 0 Å². The number of nitrogens with zero attached hydrogens (tertiary/aromatic N) is 2. The molecule has 2 fully saturated rings. The minimum absolute atomic E-state index is 0.0399. The van der Waals surface area contributed by atoms with Crippen LogP contribution in [0.1, 0.15) is 93.9 Å². The van der Waals surface area contributed by atoms with E-state index in [4.69, 9.17) is 0 Å². The van der Waals surface area contributed by atoms with E-state index in [1.54, 1.807) is 0 Å². The molecule has 0 radical (unpaired) electrons. The monoisotopic (exact) mass is 314 g/mol. The Morgan fingerprint density at radius 3 is 0.818 bits per heavy atom. The first kappa shape index (κ1) is 19.9. The molecule has 0 aromatic carbocycles. The van der Waals surface area contributed by atoms with Gasteiger partial charge in [-0.3, -0.25) is 0 Å². The molecule has 2 N–H and O–H groups in total. The van der Waals surface area contributed by atoms with Gasteiger partial charge in [-0.2, -0.15) is 10.1 Å². The smallest absolute Gasteiger partial charge is 0.0410 e. The van der Waals surface area contributed by atoms with Crippen molar-refractivity contribution in [2.75, 3.05) is 0 Å². The van der Waals surface area contributed by atoms with Gasteiger partial charge < -0.3 is 10.4 Å². The van der Waals surface area contributed by atoms with Gasteiger partial charge in [0.1, 0.15) is 0 Å². The molecular weight excluding hydrogens is 276 g/mol. The Morgan fingerprint density at radius 2 is 0.682 bits per heavy atom. The molecular formula is C18H38N2O2. The fourth-order valence-electron chi connectivity index (χ4n) is 3.97. The predicted molar refractivity (Wildman–Crippen MR) is 91.3 cm³/mol. The summed E-state index contributed by atoms with van der Waals surface area (Å²) in [5.74, 6) is 0. The lowest BCUT2D eigenvalue weighted by Crippen LogP contribution is -2.56. The molecule has 0 unspecified atom stereocenters. The van der Waals surface area contributed by atoms with E-state index < -0.39 is 0 Å². The van der Waals surface area contributed by atoms with Gasteiger partial charge in [-0.05, 0) is 93.9 Å². The molecule has 0 aromatic rings. The van der Waals surface area contributed by atoms with E-state index in [2.05, 4.69) is 55.4 Å². The van der Waals surface area contributed by atoms with E-state index in [9.17, 15) is 10.4 Å². The van der Waals surface area contributed by atoms with Crippen molar-refractivity contribution in [3.8, 4) is 0 Å². The van der Waals surface area contributed by atoms with Crippen LogP contribution in [0.3, 0.4) is 0 Å². The van der Waals surface area contributed by atoms with Gasteiger partial charge in [-0.1, -0.05) is 0 Å². The minimum Gasteiger partial charge on any atom is -0.313 e. The number of hydrogen-bond donors (Lipinski definition) is 2. The molecule has 0 aliphatic carbocycles. The van der Waals surface area contributed by atoms with E-state index in [1.807, 2.05) is 0 Å². The summed E-state index contributed by atoms with van der Waals surface area (Å²) in [7, 11) is 0. The summed E-state index contributed by atoms with van der Waals surface area (Å²) >= 11 is 0. The van der Waals surface area contributed by atoms with Gasteiger partial charge >= 0.3 is 0 Å². The maximum absolute atomic E-state index is 9.80. The molecule has 132 valence electrons. The first-order chi connectivity index (χ1) is 9.72. The maximum atomic E-state index is 9.80. The van der Waals surface area contributed by atoms with E-state index in [-0.39, 0.29) is 22.2 Å². The van der Waals surface area contributed by atoms with Crippen molar-refractivity contribution in [3.63, 3.8) is 0 Å². The number of hydroxylamine groups is 4. The second-order valence-corrected chi connectivity index (χ2v) is 9.58. The maximum Gasteiger partial charge on any atom is 0.0410 e. The summed E-state index contributed by atoms with van der Waals surface area (Å²) < 4.78 is 0. The standard InChI is InChI=1S/2C9H19NO/c2*1-8(2)6-5-7-9(3,4)10(8)11/h2*11H,5-7H2,1-4H3. The Hall–Kier alpha value is -0.160. The highest BCUT2D eigenvalue weighted by molar-refractivity contribution is 4.92. The molecule has 2 saturated heterocycles.